The molecule has 0 saturated heterocycles. The van der Waals surface area contributed by atoms with Crippen LogP contribution in [0, 0.1) is 11.3 Å². The van der Waals surface area contributed by atoms with Gasteiger partial charge in [0.1, 0.15) is 11.8 Å². The van der Waals surface area contributed by atoms with Crippen molar-refractivity contribution in [1.82, 2.24) is 4.98 Å². The second kappa shape index (κ2) is 4.53. The molecule has 0 aliphatic heterocycles. The highest BCUT2D eigenvalue weighted by atomic mass is 127. The maximum atomic E-state index is 13.0. The van der Waals surface area contributed by atoms with Gasteiger partial charge in [0.2, 0.25) is 0 Å². The van der Waals surface area contributed by atoms with Crippen molar-refractivity contribution in [2.24, 2.45) is 0 Å². The van der Waals surface area contributed by atoms with Gasteiger partial charge in [-0.15, -0.1) is 0 Å². The summed E-state index contributed by atoms with van der Waals surface area (Å²) in [7, 11) is 0. The molecule has 2 nitrogen and oxygen atoms in total. The Hall–Kier alpha value is -0.670. The fraction of sp³-hybridized carbons (Fsp3) is 0. The van der Waals surface area contributed by atoms with Crippen LogP contribution in [0.4, 0.5) is 4.39 Å². The minimum absolute atomic E-state index is 0.0649. The van der Waals surface area contributed by atoms with Crippen molar-refractivity contribution < 1.29 is 4.39 Å². The molecule has 0 saturated carbocycles. The Balaban J connectivity index is 3.22. The van der Waals surface area contributed by atoms with Crippen molar-refractivity contribution >= 4 is 40.0 Å². The SMILES string of the molecule is N#Cc1cnc(/C(F)=C/I)c(Cl)c1. The molecule has 0 unspecified atom stereocenters. The van der Waals surface area contributed by atoms with Crippen LogP contribution in [0.5, 0.6) is 0 Å². The van der Waals surface area contributed by atoms with E-state index in [1.807, 2.05) is 6.07 Å². The third-order valence-corrected chi connectivity index (χ3v) is 2.13. The topological polar surface area (TPSA) is 36.7 Å². The molecule has 0 atom stereocenters. The van der Waals surface area contributed by atoms with Crippen molar-refractivity contribution in [2.45, 2.75) is 0 Å². The number of nitriles is 1. The average molecular weight is 308 g/mol. The van der Waals surface area contributed by atoms with Gasteiger partial charge in [-0.1, -0.05) is 11.6 Å². The smallest absolute Gasteiger partial charge is 0.156 e. The van der Waals surface area contributed by atoms with Gasteiger partial charge in [-0.25, -0.2) is 4.39 Å². The summed E-state index contributed by atoms with van der Waals surface area (Å²) in [5.74, 6) is -0.505. The molecule has 66 valence electrons. The van der Waals surface area contributed by atoms with Crippen LogP contribution in [0.3, 0.4) is 0 Å². The molecule has 0 radical (unpaired) electrons. The highest BCUT2D eigenvalue weighted by Crippen LogP contribution is 2.24. The Labute approximate surface area is 93.2 Å². The van der Waals surface area contributed by atoms with Crippen LogP contribution in [0.2, 0.25) is 5.02 Å². The van der Waals surface area contributed by atoms with Crippen LogP contribution in [0.25, 0.3) is 5.83 Å². The zero-order chi connectivity index (χ0) is 9.84. The van der Waals surface area contributed by atoms with Crippen LogP contribution >= 0.6 is 34.2 Å². The molecule has 0 aromatic carbocycles. The van der Waals surface area contributed by atoms with Gasteiger partial charge in [-0.2, -0.15) is 5.26 Å². The number of halogens is 3. The van der Waals surface area contributed by atoms with E-state index in [4.69, 9.17) is 16.9 Å². The van der Waals surface area contributed by atoms with E-state index in [1.54, 1.807) is 22.6 Å². The third kappa shape index (κ3) is 2.39. The van der Waals surface area contributed by atoms with E-state index in [9.17, 15) is 4.39 Å². The van der Waals surface area contributed by atoms with Crippen LogP contribution in [-0.4, -0.2) is 4.98 Å². The van der Waals surface area contributed by atoms with Crippen LogP contribution < -0.4 is 0 Å². The van der Waals surface area contributed by atoms with Gasteiger partial charge in [0.25, 0.3) is 0 Å². The molecule has 0 spiro atoms. The lowest BCUT2D eigenvalue weighted by Crippen LogP contribution is -1.87. The molecule has 0 amide bonds. The lowest BCUT2D eigenvalue weighted by atomic mass is 10.2. The minimum Gasteiger partial charge on any atom is -0.251 e. The van der Waals surface area contributed by atoms with Gasteiger partial charge < -0.3 is 0 Å². The summed E-state index contributed by atoms with van der Waals surface area (Å²) in [5, 5.41) is 8.63. The molecule has 1 rings (SSSR count). The summed E-state index contributed by atoms with van der Waals surface area (Å²) in [4.78, 5) is 3.72. The maximum Gasteiger partial charge on any atom is 0.156 e. The molecule has 0 aliphatic rings. The van der Waals surface area contributed by atoms with Crippen molar-refractivity contribution in [3.8, 4) is 6.07 Å². The largest absolute Gasteiger partial charge is 0.251 e. The number of pyridine rings is 1. The van der Waals surface area contributed by atoms with Crippen LogP contribution in [0.1, 0.15) is 11.3 Å². The van der Waals surface area contributed by atoms with E-state index in [2.05, 4.69) is 4.98 Å². The fourth-order valence-corrected chi connectivity index (χ4v) is 1.28. The van der Waals surface area contributed by atoms with Gasteiger partial charge in [0, 0.05) is 10.3 Å². The Bertz CT molecular complexity index is 398. The van der Waals surface area contributed by atoms with E-state index in [0.717, 1.165) is 0 Å². The minimum atomic E-state index is -0.505. The van der Waals surface area contributed by atoms with E-state index in [0.29, 0.717) is 5.56 Å². The monoisotopic (exact) mass is 308 g/mol. The van der Waals surface area contributed by atoms with Gasteiger partial charge in [-0.05, 0) is 28.7 Å². The Morgan fingerprint density at radius 1 is 1.77 bits per heavy atom. The number of hydrogen-bond acceptors (Lipinski definition) is 2. The normalized spacial score (nSPS) is 11.1. The Morgan fingerprint density at radius 2 is 2.46 bits per heavy atom. The van der Waals surface area contributed by atoms with Gasteiger partial charge in [0.05, 0.1) is 10.6 Å². The second-order valence-electron chi connectivity index (χ2n) is 2.12. The highest BCUT2D eigenvalue weighted by Gasteiger charge is 2.07. The second-order valence-corrected chi connectivity index (χ2v) is 3.15. The fourth-order valence-electron chi connectivity index (χ4n) is 0.726. The molecule has 0 bridgehead atoms. The van der Waals surface area contributed by atoms with Gasteiger partial charge in [0.15, 0.2) is 5.83 Å². The number of nitrogens with zero attached hydrogens (tertiary/aromatic N) is 2. The van der Waals surface area contributed by atoms with E-state index >= 15 is 0 Å². The van der Waals surface area contributed by atoms with E-state index in [1.165, 1.54) is 16.3 Å². The Morgan fingerprint density at radius 3 is 2.92 bits per heavy atom. The van der Waals surface area contributed by atoms with E-state index < -0.39 is 5.83 Å². The zero-order valence-corrected chi connectivity index (χ0v) is 9.17. The molecule has 0 aliphatic carbocycles. The first kappa shape index (κ1) is 10.4. The van der Waals surface area contributed by atoms with Crippen molar-refractivity contribution in [2.75, 3.05) is 0 Å². The van der Waals surface area contributed by atoms with Gasteiger partial charge in [-0.3, -0.25) is 4.98 Å². The third-order valence-electron chi connectivity index (χ3n) is 1.29. The molecule has 1 heterocycles. The lowest BCUT2D eigenvalue weighted by Gasteiger charge is -1.98. The van der Waals surface area contributed by atoms with Crippen LogP contribution in [0.15, 0.2) is 16.3 Å². The summed E-state index contributed by atoms with van der Waals surface area (Å²) in [6.07, 6.45) is 1.28. The van der Waals surface area contributed by atoms with Crippen molar-refractivity contribution in [3.63, 3.8) is 0 Å². The first-order valence-electron chi connectivity index (χ1n) is 3.21. The van der Waals surface area contributed by atoms with E-state index in [-0.39, 0.29) is 10.7 Å². The number of hydrogen-bond donors (Lipinski definition) is 0. The summed E-state index contributed by atoms with van der Waals surface area (Å²) in [6.45, 7) is 0. The molecule has 5 heteroatoms. The molecule has 0 fully saturated rings. The predicted molar refractivity (Wildman–Crippen MR) is 57.1 cm³/mol. The average Bonchev–Trinajstić information content (AvgIpc) is 2.16. The quantitative estimate of drug-likeness (QED) is 0.746. The zero-order valence-electron chi connectivity index (χ0n) is 6.26. The van der Waals surface area contributed by atoms with Crippen LogP contribution in [-0.2, 0) is 0 Å². The standard InChI is InChI=1S/C8H3ClFIN2/c9-6-1-5(3-12)4-13-8(6)7(10)2-11/h1-2,4H/b7-2-. The Kier molecular flexibility index (Phi) is 3.63. The van der Waals surface area contributed by atoms with Crippen molar-refractivity contribution in [1.29, 1.82) is 5.26 Å². The highest BCUT2D eigenvalue weighted by molar-refractivity contribution is 14.1. The summed E-state index contributed by atoms with van der Waals surface area (Å²) in [5.41, 5.74) is 0.380. The molecule has 0 N–H and O–H groups in total. The molecule has 13 heavy (non-hydrogen) atoms. The molecular formula is C8H3ClFIN2. The predicted octanol–water partition coefficient (Wildman–Crippen LogP) is 3.31. The first-order valence-corrected chi connectivity index (χ1v) is 4.83. The number of aromatic nitrogens is 1. The first-order chi connectivity index (χ1) is 6.19. The van der Waals surface area contributed by atoms with Gasteiger partial charge >= 0.3 is 0 Å². The summed E-state index contributed by atoms with van der Waals surface area (Å²) >= 11 is 7.43. The molecular weight excluding hydrogens is 305 g/mol. The summed E-state index contributed by atoms with van der Waals surface area (Å²) in [6, 6.07) is 3.24. The summed E-state index contributed by atoms with van der Waals surface area (Å²) < 4.78 is 14.2. The lowest BCUT2D eigenvalue weighted by molar-refractivity contribution is 0.755. The number of rotatable bonds is 1. The van der Waals surface area contributed by atoms with Crippen molar-refractivity contribution in [3.05, 3.63) is 32.6 Å². The maximum absolute atomic E-state index is 13.0. The molecule has 1 aromatic heterocycles. The molecule has 1 aromatic rings.